The Labute approximate surface area is 93.3 Å². The highest BCUT2D eigenvalue weighted by molar-refractivity contribution is 7.99. The van der Waals surface area contributed by atoms with Crippen molar-refractivity contribution in [2.45, 2.75) is 37.8 Å². The van der Waals surface area contributed by atoms with E-state index in [2.05, 4.69) is 10.6 Å². The number of hydrogen-bond donors (Lipinski definition) is 2. The summed E-state index contributed by atoms with van der Waals surface area (Å²) in [5.74, 6) is -0.166. The molecule has 1 aliphatic heterocycles. The summed E-state index contributed by atoms with van der Waals surface area (Å²) in [7, 11) is 0. The van der Waals surface area contributed by atoms with Crippen LogP contribution in [0.3, 0.4) is 0 Å². The summed E-state index contributed by atoms with van der Waals surface area (Å²) in [6.45, 7) is 5.33. The smallest absolute Gasteiger partial charge is 0.408 e. The summed E-state index contributed by atoms with van der Waals surface area (Å²) >= 11 is 1.48. The molecule has 5 nitrogen and oxygen atoms in total. The SMILES string of the molecule is CSC1NC(=O)[C@H]1NC(=O)OC(C)(C)C. The minimum Gasteiger partial charge on any atom is -0.444 e. The van der Waals surface area contributed by atoms with Crippen molar-refractivity contribution in [1.29, 1.82) is 0 Å². The second-order valence-corrected chi connectivity index (χ2v) is 5.27. The van der Waals surface area contributed by atoms with E-state index in [0.29, 0.717) is 0 Å². The van der Waals surface area contributed by atoms with Gasteiger partial charge in [0.25, 0.3) is 0 Å². The molecule has 2 N–H and O–H groups in total. The molecule has 0 aromatic carbocycles. The first-order chi connectivity index (χ1) is 6.83. The van der Waals surface area contributed by atoms with Gasteiger partial charge in [-0.3, -0.25) is 4.79 Å². The van der Waals surface area contributed by atoms with Crippen LogP contribution in [-0.4, -0.2) is 35.3 Å². The van der Waals surface area contributed by atoms with Crippen molar-refractivity contribution < 1.29 is 14.3 Å². The van der Waals surface area contributed by atoms with E-state index in [1.165, 1.54) is 11.8 Å². The Hall–Kier alpha value is -0.910. The first-order valence-corrected chi connectivity index (χ1v) is 5.95. The largest absolute Gasteiger partial charge is 0.444 e. The lowest BCUT2D eigenvalue weighted by Gasteiger charge is -2.35. The fraction of sp³-hybridized carbons (Fsp3) is 0.778. The predicted molar refractivity (Wildman–Crippen MR) is 58.6 cm³/mol. The van der Waals surface area contributed by atoms with Gasteiger partial charge in [-0.15, -0.1) is 11.8 Å². The van der Waals surface area contributed by atoms with Gasteiger partial charge >= 0.3 is 6.09 Å². The molecule has 86 valence electrons. The third-order valence-electron chi connectivity index (χ3n) is 1.80. The minimum atomic E-state index is -0.554. The molecule has 1 fully saturated rings. The maximum Gasteiger partial charge on any atom is 0.408 e. The first-order valence-electron chi connectivity index (χ1n) is 4.66. The first kappa shape index (κ1) is 12.2. The van der Waals surface area contributed by atoms with Crippen LogP contribution in [0.25, 0.3) is 0 Å². The van der Waals surface area contributed by atoms with Gasteiger partial charge in [0.1, 0.15) is 17.0 Å². The van der Waals surface area contributed by atoms with E-state index in [-0.39, 0.29) is 11.3 Å². The van der Waals surface area contributed by atoms with Crippen LogP contribution in [-0.2, 0) is 9.53 Å². The van der Waals surface area contributed by atoms with Gasteiger partial charge in [0.15, 0.2) is 0 Å². The number of thioether (sulfide) groups is 1. The molecule has 0 radical (unpaired) electrons. The van der Waals surface area contributed by atoms with Crippen molar-refractivity contribution in [2.24, 2.45) is 0 Å². The quantitative estimate of drug-likeness (QED) is 0.688. The molecule has 1 unspecified atom stereocenters. The fourth-order valence-electron chi connectivity index (χ4n) is 1.13. The van der Waals surface area contributed by atoms with E-state index in [1.807, 2.05) is 6.26 Å². The molecular formula is C9H16N2O3S. The molecule has 0 bridgehead atoms. The van der Waals surface area contributed by atoms with Gasteiger partial charge in [0.05, 0.1) is 0 Å². The van der Waals surface area contributed by atoms with Crippen LogP contribution in [0.4, 0.5) is 4.79 Å². The molecular weight excluding hydrogens is 216 g/mol. The summed E-state index contributed by atoms with van der Waals surface area (Å²) in [4.78, 5) is 22.5. The molecule has 0 aromatic rings. The number of alkyl carbamates (subject to hydrolysis) is 1. The molecule has 1 heterocycles. The number of nitrogens with one attached hydrogen (secondary N) is 2. The highest BCUT2D eigenvalue weighted by atomic mass is 32.2. The van der Waals surface area contributed by atoms with Crippen LogP contribution in [0.15, 0.2) is 0 Å². The fourth-order valence-corrected chi connectivity index (χ4v) is 1.82. The maximum atomic E-state index is 11.3. The zero-order valence-electron chi connectivity index (χ0n) is 9.29. The maximum absolute atomic E-state index is 11.3. The van der Waals surface area contributed by atoms with Crippen molar-refractivity contribution in [3.63, 3.8) is 0 Å². The third-order valence-corrected chi connectivity index (χ3v) is 2.69. The van der Waals surface area contributed by atoms with E-state index >= 15 is 0 Å². The minimum absolute atomic E-state index is 0.0509. The number of hydrogen-bond acceptors (Lipinski definition) is 4. The van der Waals surface area contributed by atoms with E-state index < -0.39 is 17.7 Å². The van der Waals surface area contributed by atoms with Crippen LogP contribution >= 0.6 is 11.8 Å². The Kier molecular flexibility index (Phi) is 3.49. The predicted octanol–water partition coefficient (Wildman–Crippen LogP) is 0.699. The van der Waals surface area contributed by atoms with Gasteiger partial charge in [-0.2, -0.15) is 0 Å². The molecule has 1 saturated heterocycles. The van der Waals surface area contributed by atoms with Gasteiger partial charge in [-0.1, -0.05) is 0 Å². The van der Waals surface area contributed by atoms with Gasteiger partial charge < -0.3 is 15.4 Å². The highest BCUT2D eigenvalue weighted by Crippen LogP contribution is 2.17. The Morgan fingerprint density at radius 2 is 2.13 bits per heavy atom. The normalized spacial score (nSPS) is 25.2. The van der Waals surface area contributed by atoms with Crippen molar-refractivity contribution in [3.05, 3.63) is 0 Å². The lowest BCUT2D eigenvalue weighted by molar-refractivity contribution is -0.129. The lowest BCUT2D eigenvalue weighted by atomic mass is 10.1. The highest BCUT2D eigenvalue weighted by Gasteiger charge is 2.40. The summed E-state index contributed by atoms with van der Waals surface area (Å²) in [5.41, 5.74) is -0.542. The molecule has 0 aliphatic carbocycles. The average molecular weight is 232 g/mol. The number of ether oxygens (including phenoxy) is 1. The molecule has 1 aliphatic rings. The van der Waals surface area contributed by atoms with Crippen LogP contribution in [0.5, 0.6) is 0 Å². The summed E-state index contributed by atoms with van der Waals surface area (Å²) < 4.78 is 5.05. The molecule has 2 atom stereocenters. The zero-order valence-corrected chi connectivity index (χ0v) is 10.1. The van der Waals surface area contributed by atoms with Crippen LogP contribution in [0, 0.1) is 0 Å². The van der Waals surface area contributed by atoms with Gasteiger partial charge in [0.2, 0.25) is 5.91 Å². The van der Waals surface area contributed by atoms with E-state index in [1.54, 1.807) is 20.8 Å². The molecule has 0 aromatic heterocycles. The monoisotopic (exact) mass is 232 g/mol. The van der Waals surface area contributed by atoms with Crippen molar-refractivity contribution >= 4 is 23.8 Å². The Morgan fingerprint density at radius 1 is 1.53 bits per heavy atom. The van der Waals surface area contributed by atoms with E-state index in [0.717, 1.165) is 0 Å². The number of carbonyl (C=O) groups is 2. The topological polar surface area (TPSA) is 67.4 Å². The van der Waals surface area contributed by atoms with Crippen LogP contribution < -0.4 is 10.6 Å². The average Bonchev–Trinajstić information content (AvgIpc) is 2.07. The van der Waals surface area contributed by atoms with E-state index in [9.17, 15) is 9.59 Å². The summed E-state index contributed by atoms with van der Waals surface area (Å²) in [5, 5.41) is 5.14. The van der Waals surface area contributed by atoms with Crippen molar-refractivity contribution in [1.82, 2.24) is 10.6 Å². The molecule has 2 amide bonds. The molecule has 6 heteroatoms. The van der Waals surface area contributed by atoms with Gasteiger partial charge in [-0.05, 0) is 27.0 Å². The molecule has 1 rings (SSSR count). The Balaban J connectivity index is 2.41. The van der Waals surface area contributed by atoms with Gasteiger partial charge in [0, 0.05) is 0 Å². The zero-order chi connectivity index (χ0) is 11.6. The number of rotatable bonds is 2. The summed E-state index contributed by atoms with van der Waals surface area (Å²) in [6.07, 6.45) is 1.31. The molecule has 15 heavy (non-hydrogen) atoms. The van der Waals surface area contributed by atoms with Gasteiger partial charge in [-0.25, -0.2) is 4.79 Å². The number of amides is 2. The summed E-state index contributed by atoms with van der Waals surface area (Å²) in [6, 6.07) is -0.477. The van der Waals surface area contributed by atoms with Crippen LogP contribution in [0.2, 0.25) is 0 Å². The van der Waals surface area contributed by atoms with Crippen molar-refractivity contribution in [3.8, 4) is 0 Å². The third kappa shape index (κ3) is 3.30. The number of β-lactam (4-membered cyclic amide) rings is 1. The molecule has 0 saturated carbocycles. The second kappa shape index (κ2) is 4.30. The lowest BCUT2D eigenvalue weighted by Crippen LogP contribution is -2.67. The Bertz CT molecular complexity index is 275. The van der Waals surface area contributed by atoms with E-state index in [4.69, 9.17) is 4.74 Å². The van der Waals surface area contributed by atoms with Crippen LogP contribution in [0.1, 0.15) is 20.8 Å². The Morgan fingerprint density at radius 3 is 2.53 bits per heavy atom. The second-order valence-electron chi connectivity index (χ2n) is 4.29. The number of carbonyl (C=O) groups excluding carboxylic acids is 2. The van der Waals surface area contributed by atoms with Crippen molar-refractivity contribution in [2.75, 3.05) is 6.26 Å². The standard InChI is InChI=1S/C9H16N2O3S/c1-9(2,3)14-8(13)10-5-6(12)11-7(5)15-4/h5,7H,1-4H3,(H,10,13)(H,11,12)/t5-,7?/m1/s1. The molecule has 0 spiro atoms.